The monoisotopic (exact) mass is 250 g/mol. The first-order valence-corrected chi connectivity index (χ1v) is 7.00. The van der Waals surface area contributed by atoms with Crippen LogP contribution in [-0.4, -0.2) is 13.2 Å². The Morgan fingerprint density at radius 3 is 2.39 bits per heavy atom. The maximum atomic E-state index is 5.84. The van der Waals surface area contributed by atoms with Gasteiger partial charge in [0.1, 0.15) is 5.75 Å². The standard InChI is InChI=1S/C16H26O2/c1-4-5-6-7-8-14(2)18-13-15-9-11-16(17-3)12-10-15/h9-12,14H,4-8,13H2,1-3H3/t14-/m0/s1. The Morgan fingerprint density at radius 1 is 1.06 bits per heavy atom. The van der Waals surface area contributed by atoms with E-state index >= 15 is 0 Å². The summed E-state index contributed by atoms with van der Waals surface area (Å²) in [4.78, 5) is 0. The van der Waals surface area contributed by atoms with Gasteiger partial charge in [0, 0.05) is 0 Å². The lowest BCUT2D eigenvalue weighted by molar-refractivity contribution is 0.0459. The zero-order chi connectivity index (χ0) is 13.2. The highest BCUT2D eigenvalue weighted by molar-refractivity contribution is 5.26. The van der Waals surface area contributed by atoms with E-state index in [-0.39, 0.29) is 0 Å². The molecule has 0 aliphatic carbocycles. The average molecular weight is 250 g/mol. The van der Waals surface area contributed by atoms with Crippen LogP contribution < -0.4 is 4.74 Å². The Bertz CT molecular complexity index is 305. The van der Waals surface area contributed by atoms with Crippen molar-refractivity contribution in [2.75, 3.05) is 7.11 Å². The molecule has 0 aromatic heterocycles. The fraction of sp³-hybridized carbons (Fsp3) is 0.625. The number of hydrogen-bond donors (Lipinski definition) is 0. The molecule has 0 heterocycles. The molecule has 0 saturated heterocycles. The van der Waals surface area contributed by atoms with E-state index in [1.165, 1.54) is 31.2 Å². The van der Waals surface area contributed by atoms with Crippen LogP contribution in [0.15, 0.2) is 24.3 Å². The highest BCUT2D eigenvalue weighted by Gasteiger charge is 2.02. The Morgan fingerprint density at radius 2 is 1.78 bits per heavy atom. The SMILES string of the molecule is CCCCCC[C@H](C)OCc1ccc(OC)cc1. The highest BCUT2D eigenvalue weighted by Crippen LogP contribution is 2.14. The van der Waals surface area contributed by atoms with Gasteiger partial charge in [-0.15, -0.1) is 0 Å². The van der Waals surface area contributed by atoms with Crippen molar-refractivity contribution in [2.24, 2.45) is 0 Å². The molecule has 0 N–H and O–H groups in total. The van der Waals surface area contributed by atoms with Crippen LogP contribution in [0.4, 0.5) is 0 Å². The van der Waals surface area contributed by atoms with Crippen LogP contribution in [0.3, 0.4) is 0 Å². The van der Waals surface area contributed by atoms with Crippen molar-refractivity contribution >= 4 is 0 Å². The second kappa shape index (κ2) is 8.98. The molecule has 1 atom stereocenters. The second-order valence-corrected chi connectivity index (χ2v) is 4.82. The van der Waals surface area contributed by atoms with Crippen LogP contribution in [0.1, 0.15) is 51.5 Å². The van der Waals surface area contributed by atoms with Crippen LogP contribution in [0.2, 0.25) is 0 Å². The number of benzene rings is 1. The molecule has 1 rings (SSSR count). The quantitative estimate of drug-likeness (QED) is 0.598. The second-order valence-electron chi connectivity index (χ2n) is 4.82. The third kappa shape index (κ3) is 6.06. The summed E-state index contributed by atoms with van der Waals surface area (Å²) in [6.45, 7) is 5.10. The number of rotatable bonds is 9. The molecule has 0 amide bonds. The zero-order valence-electron chi connectivity index (χ0n) is 11.9. The van der Waals surface area contributed by atoms with E-state index in [4.69, 9.17) is 9.47 Å². The third-order valence-electron chi connectivity index (χ3n) is 3.16. The topological polar surface area (TPSA) is 18.5 Å². The normalized spacial score (nSPS) is 12.4. The molecule has 0 saturated carbocycles. The average Bonchev–Trinajstić information content (AvgIpc) is 2.42. The molecule has 0 aliphatic heterocycles. The highest BCUT2D eigenvalue weighted by atomic mass is 16.5. The number of methoxy groups -OCH3 is 1. The fourth-order valence-corrected chi connectivity index (χ4v) is 1.90. The molecular formula is C16H26O2. The van der Waals surface area contributed by atoms with Crippen molar-refractivity contribution in [3.8, 4) is 5.75 Å². The minimum absolute atomic E-state index is 0.351. The van der Waals surface area contributed by atoms with Gasteiger partial charge in [0.05, 0.1) is 19.8 Å². The van der Waals surface area contributed by atoms with Gasteiger partial charge in [-0.05, 0) is 31.0 Å². The van der Waals surface area contributed by atoms with Gasteiger partial charge in [-0.1, -0.05) is 44.7 Å². The summed E-state index contributed by atoms with van der Waals surface area (Å²) in [5.74, 6) is 0.895. The molecule has 1 aromatic rings. The van der Waals surface area contributed by atoms with Crippen molar-refractivity contribution in [1.29, 1.82) is 0 Å². The largest absolute Gasteiger partial charge is 0.497 e. The molecule has 2 heteroatoms. The molecule has 0 bridgehead atoms. The molecule has 102 valence electrons. The summed E-state index contributed by atoms with van der Waals surface area (Å²) >= 11 is 0. The van der Waals surface area contributed by atoms with E-state index in [1.54, 1.807) is 7.11 Å². The predicted octanol–water partition coefficient (Wildman–Crippen LogP) is 4.57. The Labute approximate surface area is 111 Å². The Balaban J connectivity index is 2.18. The van der Waals surface area contributed by atoms with E-state index in [0.29, 0.717) is 12.7 Å². The predicted molar refractivity (Wildman–Crippen MR) is 76.0 cm³/mol. The molecule has 0 radical (unpaired) electrons. The van der Waals surface area contributed by atoms with E-state index < -0.39 is 0 Å². The minimum atomic E-state index is 0.351. The van der Waals surface area contributed by atoms with Crippen molar-refractivity contribution < 1.29 is 9.47 Å². The van der Waals surface area contributed by atoms with Gasteiger partial charge < -0.3 is 9.47 Å². The minimum Gasteiger partial charge on any atom is -0.497 e. The summed E-state index contributed by atoms with van der Waals surface area (Å²) in [5.41, 5.74) is 1.20. The lowest BCUT2D eigenvalue weighted by Crippen LogP contribution is -2.07. The Hall–Kier alpha value is -1.02. The molecular weight excluding hydrogens is 224 g/mol. The third-order valence-corrected chi connectivity index (χ3v) is 3.16. The summed E-state index contributed by atoms with van der Waals surface area (Å²) < 4.78 is 11.0. The fourth-order valence-electron chi connectivity index (χ4n) is 1.90. The van der Waals surface area contributed by atoms with Crippen LogP contribution in [0, 0.1) is 0 Å². The van der Waals surface area contributed by atoms with Crippen molar-refractivity contribution in [2.45, 2.75) is 58.7 Å². The lowest BCUT2D eigenvalue weighted by Gasteiger charge is -2.13. The maximum Gasteiger partial charge on any atom is 0.118 e. The first kappa shape index (κ1) is 15.0. The molecule has 0 spiro atoms. The van der Waals surface area contributed by atoms with Gasteiger partial charge in [0.15, 0.2) is 0 Å². The van der Waals surface area contributed by atoms with Crippen molar-refractivity contribution in [3.05, 3.63) is 29.8 Å². The smallest absolute Gasteiger partial charge is 0.118 e. The molecule has 0 unspecified atom stereocenters. The van der Waals surface area contributed by atoms with Crippen LogP contribution in [-0.2, 0) is 11.3 Å². The molecule has 0 fully saturated rings. The molecule has 18 heavy (non-hydrogen) atoms. The van der Waals surface area contributed by atoms with E-state index in [1.807, 2.05) is 12.1 Å². The van der Waals surface area contributed by atoms with Gasteiger partial charge in [-0.3, -0.25) is 0 Å². The molecule has 2 nitrogen and oxygen atoms in total. The molecule has 1 aromatic carbocycles. The van der Waals surface area contributed by atoms with Crippen LogP contribution in [0.25, 0.3) is 0 Å². The summed E-state index contributed by atoms with van der Waals surface area (Å²) in [7, 11) is 1.68. The molecule has 0 aliphatic rings. The van der Waals surface area contributed by atoms with E-state index in [2.05, 4.69) is 26.0 Å². The van der Waals surface area contributed by atoms with Gasteiger partial charge >= 0.3 is 0 Å². The van der Waals surface area contributed by atoms with Crippen LogP contribution in [0.5, 0.6) is 5.75 Å². The Kier molecular flexibility index (Phi) is 7.51. The summed E-state index contributed by atoms with van der Waals surface area (Å²) in [5, 5.41) is 0. The number of unbranched alkanes of at least 4 members (excludes halogenated alkanes) is 3. The zero-order valence-corrected chi connectivity index (χ0v) is 11.9. The number of ether oxygens (including phenoxy) is 2. The first-order chi connectivity index (χ1) is 8.76. The van der Waals surface area contributed by atoms with Crippen LogP contribution >= 0.6 is 0 Å². The van der Waals surface area contributed by atoms with Gasteiger partial charge in [0.2, 0.25) is 0 Å². The van der Waals surface area contributed by atoms with Crippen molar-refractivity contribution in [1.82, 2.24) is 0 Å². The first-order valence-electron chi connectivity index (χ1n) is 7.00. The van der Waals surface area contributed by atoms with Gasteiger partial charge in [0.25, 0.3) is 0 Å². The van der Waals surface area contributed by atoms with E-state index in [9.17, 15) is 0 Å². The van der Waals surface area contributed by atoms with Gasteiger partial charge in [-0.2, -0.15) is 0 Å². The summed E-state index contributed by atoms with van der Waals surface area (Å²) in [6, 6.07) is 8.07. The van der Waals surface area contributed by atoms with Gasteiger partial charge in [-0.25, -0.2) is 0 Å². The summed E-state index contributed by atoms with van der Waals surface area (Å²) in [6.07, 6.45) is 6.75. The maximum absolute atomic E-state index is 5.84. The van der Waals surface area contributed by atoms with E-state index in [0.717, 1.165) is 12.2 Å². The lowest BCUT2D eigenvalue weighted by atomic mass is 10.1. The van der Waals surface area contributed by atoms with Crippen molar-refractivity contribution in [3.63, 3.8) is 0 Å². The number of hydrogen-bond acceptors (Lipinski definition) is 2.